The Morgan fingerprint density at radius 3 is 2.67 bits per heavy atom. The summed E-state index contributed by atoms with van der Waals surface area (Å²) >= 11 is 0. The molecule has 2 rings (SSSR count). The molecule has 8 heteroatoms. The van der Waals surface area contributed by atoms with Crippen molar-refractivity contribution in [2.45, 2.75) is 26.3 Å². The number of aromatic nitrogens is 5. The highest BCUT2D eigenvalue weighted by molar-refractivity contribution is 5.38. The third kappa shape index (κ3) is 4.12. The van der Waals surface area contributed by atoms with E-state index in [1.54, 1.807) is 24.2 Å². The van der Waals surface area contributed by atoms with Crippen molar-refractivity contribution in [1.29, 1.82) is 0 Å². The predicted octanol–water partition coefficient (Wildman–Crippen LogP) is 1.33. The van der Waals surface area contributed by atoms with Crippen LogP contribution >= 0.6 is 0 Å². The van der Waals surface area contributed by atoms with Gasteiger partial charge in [0.15, 0.2) is 0 Å². The molecule has 0 bridgehead atoms. The minimum Gasteiger partial charge on any atom is -0.383 e. The smallest absolute Gasteiger partial charge is 0.257 e. The number of hydrogen-bond donors (Lipinski definition) is 2. The molecule has 114 valence electrons. The van der Waals surface area contributed by atoms with Crippen LogP contribution in [-0.2, 0) is 4.74 Å². The van der Waals surface area contributed by atoms with E-state index in [1.165, 1.54) is 0 Å². The van der Waals surface area contributed by atoms with Crippen LogP contribution in [0.5, 0.6) is 0 Å². The fourth-order valence-electron chi connectivity index (χ4n) is 1.80. The number of nitrogens with zero attached hydrogens (tertiary/aromatic N) is 5. The zero-order chi connectivity index (χ0) is 15.1. The SMILES string of the molecule is CCNc1nc(NC(CC)COC)nc(-n2cccn2)n1. The Morgan fingerprint density at radius 1 is 1.24 bits per heavy atom. The van der Waals surface area contributed by atoms with Crippen molar-refractivity contribution in [3.8, 4) is 5.95 Å². The molecule has 0 aliphatic heterocycles. The van der Waals surface area contributed by atoms with Crippen LogP contribution in [0.1, 0.15) is 20.3 Å². The molecule has 2 aromatic rings. The number of nitrogens with one attached hydrogen (secondary N) is 2. The van der Waals surface area contributed by atoms with Crippen molar-refractivity contribution >= 4 is 11.9 Å². The maximum atomic E-state index is 5.18. The van der Waals surface area contributed by atoms with Gasteiger partial charge in [-0.15, -0.1) is 0 Å². The highest BCUT2D eigenvalue weighted by Crippen LogP contribution is 2.10. The van der Waals surface area contributed by atoms with E-state index in [4.69, 9.17) is 4.74 Å². The number of methoxy groups -OCH3 is 1. The number of hydrogen-bond acceptors (Lipinski definition) is 7. The topological polar surface area (TPSA) is 89.8 Å². The van der Waals surface area contributed by atoms with Crippen molar-refractivity contribution in [2.75, 3.05) is 30.9 Å². The maximum Gasteiger partial charge on any atom is 0.257 e. The molecular weight excluding hydrogens is 270 g/mol. The monoisotopic (exact) mass is 291 g/mol. The molecule has 0 spiro atoms. The zero-order valence-electron chi connectivity index (χ0n) is 12.6. The fourth-order valence-corrected chi connectivity index (χ4v) is 1.80. The molecule has 2 aromatic heterocycles. The predicted molar refractivity (Wildman–Crippen MR) is 80.7 cm³/mol. The largest absolute Gasteiger partial charge is 0.383 e. The molecular formula is C13H21N7O. The van der Waals surface area contributed by atoms with Gasteiger partial charge >= 0.3 is 0 Å². The Bertz CT molecular complexity index is 543. The highest BCUT2D eigenvalue weighted by atomic mass is 16.5. The summed E-state index contributed by atoms with van der Waals surface area (Å²) < 4.78 is 6.78. The molecule has 0 fully saturated rings. The molecule has 0 aliphatic rings. The van der Waals surface area contributed by atoms with E-state index in [0.29, 0.717) is 24.5 Å². The van der Waals surface area contributed by atoms with E-state index in [-0.39, 0.29) is 6.04 Å². The second kappa shape index (κ2) is 7.53. The average Bonchev–Trinajstić information content (AvgIpc) is 3.01. The Hall–Kier alpha value is -2.22. The summed E-state index contributed by atoms with van der Waals surface area (Å²) in [5, 5.41) is 10.5. The van der Waals surface area contributed by atoms with Gasteiger partial charge in [0.05, 0.1) is 12.6 Å². The van der Waals surface area contributed by atoms with Crippen LogP contribution in [-0.4, -0.2) is 51.0 Å². The molecule has 0 aliphatic carbocycles. The van der Waals surface area contributed by atoms with Crippen molar-refractivity contribution in [3.63, 3.8) is 0 Å². The number of ether oxygens (including phenoxy) is 1. The van der Waals surface area contributed by atoms with Crippen LogP contribution in [0, 0.1) is 0 Å². The van der Waals surface area contributed by atoms with Crippen LogP contribution in [0.3, 0.4) is 0 Å². The summed E-state index contributed by atoms with van der Waals surface area (Å²) in [5.74, 6) is 1.50. The maximum absolute atomic E-state index is 5.18. The summed E-state index contributed by atoms with van der Waals surface area (Å²) in [6.45, 7) is 5.40. The van der Waals surface area contributed by atoms with Gasteiger partial charge in [-0.05, 0) is 19.4 Å². The first-order valence-electron chi connectivity index (χ1n) is 7.02. The lowest BCUT2D eigenvalue weighted by Crippen LogP contribution is -2.26. The third-order valence-corrected chi connectivity index (χ3v) is 2.86. The fraction of sp³-hybridized carbons (Fsp3) is 0.538. The summed E-state index contributed by atoms with van der Waals surface area (Å²) in [6, 6.07) is 1.97. The molecule has 8 nitrogen and oxygen atoms in total. The average molecular weight is 291 g/mol. The Kier molecular flexibility index (Phi) is 5.44. The molecule has 0 saturated heterocycles. The molecule has 1 unspecified atom stereocenters. The van der Waals surface area contributed by atoms with Crippen molar-refractivity contribution in [2.24, 2.45) is 0 Å². The van der Waals surface area contributed by atoms with Gasteiger partial charge in [-0.2, -0.15) is 20.1 Å². The minimum absolute atomic E-state index is 0.150. The second-order valence-corrected chi connectivity index (χ2v) is 4.47. The first-order chi connectivity index (χ1) is 10.3. The van der Waals surface area contributed by atoms with E-state index in [9.17, 15) is 0 Å². The normalized spacial score (nSPS) is 12.1. The quantitative estimate of drug-likeness (QED) is 0.758. The van der Waals surface area contributed by atoms with Crippen molar-refractivity contribution < 1.29 is 4.74 Å². The Labute approximate surface area is 124 Å². The van der Waals surface area contributed by atoms with Gasteiger partial charge in [0.1, 0.15) is 0 Å². The Balaban J connectivity index is 2.27. The van der Waals surface area contributed by atoms with Gasteiger partial charge in [-0.1, -0.05) is 6.92 Å². The van der Waals surface area contributed by atoms with Crippen LogP contribution in [0.25, 0.3) is 5.95 Å². The lowest BCUT2D eigenvalue weighted by atomic mass is 10.2. The van der Waals surface area contributed by atoms with E-state index >= 15 is 0 Å². The Morgan fingerprint density at radius 2 is 2.05 bits per heavy atom. The summed E-state index contributed by atoms with van der Waals surface area (Å²) in [4.78, 5) is 13.1. The van der Waals surface area contributed by atoms with E-state index in [2.05, 4.69) is 37.6 Å². The second-order valence-electron chi connectivity index (χ2n) is 4.47. The minimum atomic E-state index is 0.150. The molecule has 0 aromatic carbocycles. The van der Waals surface area contributed by atoms with E-state index < -0.39 is 0 Å². The highest BCUT2D eigenvalue weighted by Gasteiger charge is 2.12. The van der Waals surface area contributed by atoms with E-state index in [0.717, 1.165) is 13.0 Å². The first kappa shape index (κ1) is 15.2. The van der Waals surface area contributed by atoms with Crippen LogP contribution in [0.4, 0.5) is 11.9 Å². The van der Waals surface area contributed by atoms with Crippen molar-refractivity contribution in [3.05, 3.63) is 18.5 Å². The summed E-state index contributed by atoms with van der Waals surface area (Å²) in [5.41, 5.74) is 0. The van der Waals surface area contributed by atoms with Crippen LogP contribution < -0.4 is 10.6 Å². The van der Waals surface area contributed by atoms with Gasteiger partial charge in [0, 0.05) is 26.0 Å². The van der Waals surface area contributed by atoms with Crippen LogP contribution in [0.2, 0.25) is 0 Å². The summed E-state index contributed by atoms with van der Waals surface area (Å²) in [6.07, 6.45) is 4.39. The number of anilines is 2. The number of rotatable bonds is 8. The zero-order valence-corrected chi connectivity index (χ0v) is 12.6. The third-order valence-electron chi connectivity index (χ3n) is 2.86. The van der Waals surface area contributed by atoms with Crippen molar-refractivity contribution in [1.82, 2.24) is 24.7 Å². The molecule has 0 amide bonds. The van der Waals surface area contributed by atoms with Gasteiger partial charge in [0.2, 0.25) is 11.9 Å². The van der Waals surface area contributed by atoms with E-state index in [1.807, 2.05) is 13.0 Å². The van der Waals surface area contributed by atoms with Gasteiger partial charge in [-0.25, -0.2) is 4.68 Å². The lowest BCUT2D eigenvalue weighted by molar-refractivity contribution is 0.184. The molecule has 2 heterocycles. The van der Waals surface area contributed by atoms with Crippen LogP contribution in [0.15, 0.2) is 18.5 Å². The molecule has 2 N–H and O–H groups in total. The molecule has 21 heavy (non-hydrogen) atoms. The standard InChI is InChI=1S/C13H21N7O/c1-4-10(9-21-3)16-12-17-11(14-5-2)18-13(19-12)20-8-6-7-15-20/h6-8,10H,4-5,9H2,1-3H3,(H2,14,16,17,18,19). The molecule has 0 radical (unpaired) electrons. The lowest BCUT2D eigenvalue weighted by Gasteiger charge is -2.16. The summed E-state index contributed by atoms with van der Waals surface area (Å²) in [7, 11) is 1.68. The van der Waals surface area contributed by atoms with Gasteiger partial charge < -0.3 is 15.4 Å². The first-order valence-corrected chi connectivity index (χ1v) is 7.02. The van der Waals surface area contributed by atoms with Gasteiger partial charge in [-0.3, -0.25) is 0 Å². The molecule has 1 atom stereocenters. The van der Waals surface area contributed by atoms with Gasteiger partial charge in [0.25, 0.3) is 5.95 Å². The molecule has 0 saturated carbocycles.